The highest BCUT2D eigenvalue weighted by Gasteiger charge is 2.21. The molecule has 0 bridgehead atoms. The Kier molecular flexibility index (Phi) is 8.71. The van der Waals surface area contributed by atoms with Crippen LogP contribution in [0.4, 0.5) is 4.39 Å². The molecule has 0 fully saturated rings. The Labute approximate surface area is 167 Å². The number of carbonyl (C=O) groups is 2. The van der Waals surface area contributed by atoms with Crippen molar-refractivity contribution in [3.05, 3.63) is 58.0 Å². The van der Waals surface area contributed by atoms with E-state index in [2.05, 4.69) is 0 Å². The van der Waals surface area contributed by atoms with Gasteiger partial charge in [-0.3, -0.25) is 9.59 Å². The summed E-state index contributed by atoms with van der Waals surface area (Å²) in [6.07, 6.45) is 0. The standard InChI is InChI=1S/C19H22ClFN2O3S/c1-26-9-8-22(18(24)11-20)14-19(25)23(13-17-3-2-10-27-17)12-15-4-6-16(21)7-5-15/h2-7,10H,8-9,11-14H2,1H3. The van der Waals surface area contributed by atoms with Gasteiger partial charge >= 0.3 is 0 Å². The van der Waals surface area contributed by atoms with Gasteiger partial charge in [-0.25, -0.2) is 4.39 Å². The SMILES string of the molecule is COCCN(CC(=O)N(Cc1ccc(F)cc1)Cc1cccs1)C(=O)CCl. The molecule has 2 rings (SSSR count). The fraction of sp³-hybridized carbons (Fsp3) is 0.368. The maximum atomic E-state index is 13.2. The average molecular weight is 413 g/mol. The molecule has 2 aromatic rings. The third-order valence-corrected chi connectivity index (χ3v) is 5.01. The van der Waals surface area contributed by atoms with Gasteiger partial charge in [-0.1, -0.05) is 18.2 Å². The number of methoxy groups -OCH3 is 1. The minimum Gasteiger partial charge on any atom is -0.383 e. The summed E-state index contributed by atoms with van der Waals surface area (Å²) in [5.74, 6) is -1.05. The van der Waals surface area contributed by atoms with Gasteiger partial charge in [0.25, 0.3) is 0 Å². The Morgan fingerprint density at radius 1 is 1.11 bits per heavy atom. The van der Waals surface area contributed by atoms with Crippen molar-refractivity contribution in [3.63, 3.8) is 0 Å². The lowest BCUT2D eigenvalue weighted by molar-refractivity contribution is -0.140. The van der Waals surface area contributed by atoms with E-state index in [0.29, 0.717) is 19.7 Å². The number of carbonyl (C=O) groups excluding carboxylic acids is 2. The van der Waals surface area contributed by atoms with Crippen molar-refractivity contribution in [2.75, 3.05) is 32.7 Å². The molecule has 0 aliphatic heterocycles. The first-order chi connectivity index (χ1) is 13.0. The summed E-state index contributed by atoms with van der Waals surface area (Å²) in [5.41, 5.74) is 0.813. The molecule has 0 aliphatic rings. The minimum atomic E-state index is -0.326. The molecule has 1 aromatic carbocycles. The molecule has 0 radical (unpaired) electrons. The van der Waals surface area contributed by atoms with Crippen LogP contribution in [0.2, 0.25) is 0 Å². The van der Waals surface area contributed by atoms with Crippen molar-refractivity contribution in [2.24, 2.45) is 0 Å². The maximum Gasteiger partial charge on any atom is 0.242 e. The number of hydrogen-bond donors (Lipinski definition) is 0. The van der Waals surface area contributed by atoms with Gasteiger partial charge in [0.05, 0.1) is 19.7 Å². The van der Waals surface area contributed by atoms with Crippen LogP contribution >= 0.6 is 22.9 Å². The Hall–Kier alpha value is -1.96. The number of ether oxygens (including phenoxy) is 1. The largest absolute Gasteiger partial charge is 0.383 e. The monoisotopic (exact) mass is 412 g/mol. The lowest BCUT2D eigenvalue weighted by Crippen LogP contribution is -2.44. The van der Waals surface area contributed by atoms with Crippen LogP contribution in [0.1, 0.15) is 10.4 Å². The summed E-state index contributed by atoms with van der Waals surface area (Å²) in [5, 5.41) is 1.94. The molecule has 146 valence electrons. The molecular weight excluding hydrogens is 391 g/mol. The predicted molar refractivity (Wildman–Crippen MR) is 104 cm³/mol. The summed E-state index contributed by atoms with van der Waals surface area (Å²) >= 11 is 7.21. The molecule has 27 heavy (non-hydrogen) atoms. The summed E-state index contributed by atoms with van der Waals surface area (Å²) < 4.78 is 18.2. The lowest BCUT2D eigenvalue weighted by Gasteiger charge is -2.27. The van der Waals surface area contributed by atoms with E-state index in [9.17, 15) is 14.0 Å². The number of nitrogens with zero attached hydrogens (tertiary/aromatic N) is 2. The molecule has 2 amide bonds. The second kappa shape index (κ2) is 11.0. The molecule has 0 saturated carbocycles. The third kappa shape index (κ3) is 6.93. The van der Waals surface area contributed by atoms with Gasteiger partial charge in [-0.05, 0) is 29.1 Å². The van der Waals surface area contributed by atoms with Crippen LogP contribution < -0.4 is 0 Å². The van der Waals surface area contributed by atoms with E-state index in [4.69, 9.17) is 16.3 Å². The molecule has 0 unspecified atom stereocenters. The van der Waals surface area contributed by atoms with E-state index in [1.807, 2.05) is 17.5 Å². The second-order valence-corrected chi connectivity index (χ2v) is 7.20. The topological polar surface area (TPSA) is 49.9 Å². The third-order valence-electron chi connectivity index (χ3n) is 3.92. The highest BCUT2D eigenvalue weighted by molar-refractivity contribution is 7.09. The van der Waals surface area contributed by atoms with Gasteiger partial charge in [0, 0.05) is 25.1 Å². The van der Waals surface area contributed by atoms with Crippen LogP contribution in [0.15, 0.2) is 41.8 Å². The van der Waals surface area contributed by atoms with Crippen LogP contribution in [-0.4, -0.2) is 54.3 Å². The highest BCUT2D eigenvalue weighted by atomic mass is 35.5. The molecule has 0 atom stereocenters. The number of alkyl halides is 1. The van der Waals surface area contributed by atoms with Gasteiger partial charge in [-0.15, -0.1) is 22.9 Å². The van der Waals surface area contributed by atoms with Crippen molar-refractivity contribution in [3.8, 4) is 0 Å². The number of amides is 2. The lowest BCUT2D eigenvalue weighted by atomic mass is 10.2. The first-order valence-corrected chi connectivity index (χ1v) is 9.82. The second-order valence-electron chi connectivity index (χ2n) is 5.90. The molecule has 0 spiro atoms. The predicted octanol–water partition coefficient (Wildman–Crippen LogP) is 3.13. The smallest absolute Gasteiger partial charge is 0.242 e. The van der Waals surface area contributed by atoms with Crippen molar-refractivity contribution in [1.82, 2.24) is 9.80 Å². The van der Waals surface area contributed by atoms with Crippen LogP contribution in [0.3, 0.4) is 0 Å². The van der Waals surface area contributed by atoms with E-state index >= 15 is 0 Å². The van der Waals surface area contributed by atoms with Gasteiger partial charge in [0.15, 0.2) is 0 Å². The normalized spacial score (nSPS) is 10.6. The molecule has 0 aliphatic carbocycles. The number of rotatable bonds is 10. The zero-order valence-corrected chi connectivity index (χ0v) is 16.6. The average Bonchev–Trinajstić information content (AvgIpc) is 3.18. The zero-order chi connectivity index (χ0) is 19.6. The molecule has 1 aromatic heterocycles. The first-order valence-electron chi connectivity index (χ1n) is 8.40. The summed E-state index contributed by atoms with van der Waals surface area (Å²) in [7, 11) is 1.53. The number of halogens is 2. The van der Waals surface area contributed by atoms with Crippen LogP contribution in [-0.2, 0) is 27.4 Å². The van der Waals surface area contributed by atoms with E-state index in [1.165, 1.54) is 24.1 Å². The molecule has 1 heterocycles. The van der Waals surface area contributed by atoms with Gasteiger partial charge < -0.3 is 14.5 Å². The first kappa shape index (κ1) is 21.3. The Morgan fingerprint density at radius 2 is 1.85 bits per heavy atom. The van der Waals surface area contributed by atoms with Gasteiger partial charge in [0.2, 0.25) is 11.8 Å². The summed E-state index contributed by atoms with van der Waals surface area (Å²) in [6, 6.07) is 9.90. The van der Waals surface area contributed by atoms with Gasteiger partial charge in [-0.2, -0.15) is 0 Å². The fourth-order valence-electron chi connectivity index (χ4n) is 2.47. The van der Waals surface area contributed by atoms with E-state index < -0.39 is 0 Å². The maximum absolute atomic E-state index is 13.2. The Balaban J connectivity index is 2.13. The summed E-state index contributed by atoms with van der Waals surface area (Å²) in [6.45, 7) is 1.27. The zero-order valence-electron chi connectivity index (χ0n) is 15.1. The van der Waals surface area contributed by atoms with Crippen molar-refractivity contribution in [1.29, 1.82) is 0 Å². The van der Waals surface area contributed by atoms with Crippen molar-refractivity contribution >= 4 is 34.8 Å². The van der Waals surface area contributed by atoms with Gasteiger partial charge in [0.1, 0.15) is 11.7 Å². The number of thiophene rings is 1. The molecule has 8 heteroatoms. The molecule has 5 nitrogen and oxygen atoms in total. The minimum absolute atomic E-state index is 0.0819. The van der Waals surface area contributed by atoms with E-state index in [-0.39, 0.29) is 36.6 Å². The summed E-state index contributed by atoms with van der Waals surface area (Å²) in [4.78, 5) is 29.0. The van der Waals surface area contributed by atoms with Crippen LogP contribution in [0, 0.1) is 5.82 Å². The van der Waals surface area contributed by atoms with E-state index in [1.54, 1.807) is 28.4 Å². The van der Waals surface area contributed by atoms with Crippen molar-refractivity contribution < 1.29 is 18.7 Å². The molecule has 0 N–H and O–H groups in total. The van der Waals surface area contributed by atoms with Crippen LogP contribution in [0.25, 0.3) is 0 Å². The Bertz CT molecular complexity index is 725. The quantitative estimate of drug-likeness (QED) is 0.563. The number of benzene rings is 1. The highest BCUT2D eigenvalue weighted by Crippen LogP contribution is 2.15. The van der Waals surface area contributed by atoms with Crippen LogP contribution in [0.5, 0.6) is 0 Å². The van der Waals surface area contributed by atoms with E-state index in [0.717, 1.165) is 10.4 Å². The molecular formula is C19H22ClFN2O3S. The molecule has 0 saturated heterocycles. The Morgan fingerprint density at radius 3 is 2.44 bits per heavy atom. The fourth-order valence-corrected chi connectivity index (χ4v) is 3.36. The van der Waals surface area contributed by atoms with Crippen molar-refractivity contribution in [2.45, 2.75) is 13.1 Å². The number of hydrogen-bond acceptors (Lipinski definition) is 4.